The summed E-state index contributed by atoms with van der Waals surface area (Å²) in [4.78, 5) is 40.7. The van der Waals surface area contributed by atoms with E-state index < -0.39 is 0 Å². The summed E-state index contributed by atoms with van der Waals surface area (Å²) in [6.45, 7) is 4.28. The zero-order chi connectivity index (χ0) is 20.8. The van der Waals surface area contributed by atoms with Gasteiger partial charge in [0.15, 0.2) is 0 Å². The fraction of sp³-hybridized carbons (Fsp3) is 0.381. The molecule has 0 atom stereocenters. The molecule has 1 aliphatic rings. The molecule has 2 aromatic rings. The van der Waals surface area contributed by atoms with Gasteiger partial charge in [-0.05, 0) is 42.8 Å². The average Bonchev–Trinajstić information content (AvgIpc) is 3.20. The minimum Gasteiger partial charge on any atom is -0.355 e. The van der Waals surface area contributed by atoms with E-state index in [4.69, 9.17) is 0 Å². The van der Waals surface area contributed by atoms with Gasteiger partial charge in [0.05, 0.1) is 0 Å². The summed E-state index contributed by atoms with van der Waals surface area (Å²) in [5.74, 6) is -0.851. The Morgan fingerprint density at radius 1 is 0.966 bits per heavy atom. The monoisotopic (exact) mass is 400 g/mol. The first kappa shape index (κ1) is 20.6. The lowest BCUT2D eigenvalue weighted by Crippen LogP contribution is -2.51. The first-order valence-electron chi connectivity index (χ1n) is 9.75. The van der Waals surface area contributed by atoms with Gasteiger partial charge in [-0.1, -0.05) is 6.92 Å². The van der Waals surface area contributed by atoms with E-state index in [0.29, 0.717) is 44.0 Å². The molecule has 0 radical (unpaired) electrons. The number of nitrogens with one attached hydrogen (secondary N) is 1. The smallest absolute Gasteiger partial charge is 0.270 e. The standard InChI is InChI=1S/C21H25FN4O3/c1-2-9-23-19(27)15-26-10-3-4-18(26)21(29)25-13-11-24(12-14-25)20(28)16-5-7-17(22)8-6-16/h3-8,10H,2,9,11-15H2,1H3,(H,23,27). The number of aromatic nitrogens is 1. The van der Waals surface area contributed by atoms with Crippen molar-refractivity contribution in [2.45, 2.75) is 19.9 Å². The van der Waals surface area contributed by atoms with Crippen LogP contribution in [0.15, 0.2) is 42.6 Å². The molecule has 0 bridgehead atoms. The number of halogens is 1. The summed E-state index contributed by atoms with van der Waals surface area (Å²) in [5.41, 5.74) is 0.883. The highest BCUT2D eigenvalue weighted by molar-refractivity contribution is 5.95. The molecule has 1 N–H and O–H groups in total. The molecule has 0 unspecified atom stereocenters. The number of carbonyl (C=O) groups is 3. The highest BCUT2D eigenvalue weighted by Gasteiger charge is 2.27. The fourth-order valence-corrected chi connectivity index (χ4v) is 3.27. The van der Waals surface area contributed by atoms with E-state index in [1.165, 1.54) is 24.3 Å². The molecule has 1 aliphatic heterocycles. The molecule has 3 amide bonds. The number of hydrogen-bond donors (Lipinski definition) is 1. The lowest BCUT2D eigenvalue weighted by Gasteiger charge is -2.35. The van der Waals surface area contributed by atoms with Crippen LogP contribution in [0, 0.1) is 5.82 Å². The number of nitrogens with zero attached hydrogens (tertiary/aromatic N) is 3. The van der Waals surface area contributed by atoms with Crippen LogP contribution in [0.25, 0.3) is 0 Å². The maximum atomic E-state index is 13.0. The van der Waals surface area contributed by atoms with Crippen molar-refractivity contribution in [1.29, 1.82) is 0 Å². The molecule has 1 aromatic carbocycles. The third-order valence-electron chi connectivity index (χ3n) is 4.88. The second kappa shape index (κ2) is 9.36. The van der Waals surface area contributed by atoms with Gasteiger partial charge in [-0.2, -0.15) is 0 Å². The molecule has 8 heteroatoms. The fourth-order valence-electron chi connectivity index (χ4n) is 3.27. The Hall–Kier alpha value is -3.16. The number of amides is 3. The number of rotatable bonds is 6. The highest BCUT2D eigenvalue weighted by atomic mass is 19.1. The van der Waals surface area contributed by atoms with Crippen LogP contribution >= 0.6 is 0 Å². The summed E-state index contributed by atoms with van der Waals surface area (Å²) in [6, 6.07) is 8.90. The molecule has 3 rings (SSSR count). The maximum Gasteiger partial charge on any atom is 0.270 e. The van der Waals surface area contributed by atoms with E-state index >= 15 is 0 Å². The Morgan fingerprint density at radius 2 is 1.59 bits per heavy atom. The zero-order valence-corrected chi connectivity index (χ0v) is 16.4. The minimum atomic E-state index is -0.386. The molecule has 154 valence electrons. The van der Waals surface area contributed by atoms with Crippen molar-refractivity contribution in [1.82, 2.24) is 19.7 Å². The predicted octanol–water partition coefficient (Wildman–Crippen LogP) is 1.75. The normalized spacial score (nSPS) is 14.0. The van der Waals surface area contributed by atoms with Crippen LogP contribution in [0.4, 0.5) is 4.39 Å². The molecule has 0 spiro atoms. The van der Waals surface area contributed by atoms with E-state index in [1.54, 1.807) is 32.7 Å². The van der Waals surface area contributed by atoms with Crippen LogP contribution in [-0.2, 0) is 11.3 Å². The summed E-state index contributed by atoms with van der Waals surface area (Å²) in [6.07, 6.45) is 2.57. The van der Waals surface area contributed by atoms with Gasteiger partial charge in [0, 0.05) is 44.5 Å². The Morgan fingerprint density at radius 3 is 2.21 bits per heavy atom. The average molecular weight is 400 g/mol. The molecule has 29 heavy (non-hydrogen) atoms. The Bertz CT molecular complexity index is 870. The largest absolute Gasteiger partial charge is 0.355 e. The summed E-state index contributed by atoms with van der Waals surface area (Å²) in [5, 5.41) is 2.80. The van der Waals surface area contributed by atoms with Gasteiger partial charge in [0.1, 0.15) is 18.1 Å². The van der Waals surface area contributed by atoms with Gasteiger partial charge < -0.3 is 19.7 Å². The van der Waals surface area contributed by atoms with Crippen LogP contribution in [-0.4, -0.2) is 64.8 Å². The first-order chi connectivity index (χ1) is 14.0. The summed E-state index contributed by atoms with van der Waals surface area (Å²) < 4.78 is 14.7. The Balaban J connectivity index is 1.58. The first-order valence-corrected chi connectivity index (χ1v) is 9.75. The Labute approximate surface area is 169 Å². The lowest BCUT2D eigenvalue weighted by atomic mass is 10.1. The van der Waals surface area contributed by atoms with Gasteiger partial charge in [0.2, 0.25) is 5.91 Å². The van der Waals surface area contributed by atoms with Gasteiger partial charge in [0.25, 0.3) is 11.8 Å². The van der Waals surface area contributed by atoms with Crippen molar-refractivity contribution in [3.63, 3.8) is 0 Å². The molecule has 0 saturated carbocycles. The van der Waals surface area contributed by atoms with Gasteiger partial charge in [-0.25, -0.2) is 4.39 Å². The minimum absolute atomic E-state index is 0.0943. The van der Waals surface area contributed by atoms with Crippen LogP contribution in [0.3, 0.4) is 0 Å². The van der Waals surface area contributed by atoms with E-state index in [1.807, 2.05) is 6.92 Å². The number of benzene rings is 1. The van der Waals surface area contributed by atoms with Crippen molar-refractivity contribution in [3.05, 3.63) is 59.7 Å². The summed E-state index contributed by atoms with van der Waals surface area (Å²) >= 11 is 0. The molecule has 1 aromatic heterocycles. The van der Waals surface area contributed by atoms with Crippen LogP contribution in [0.5, 0.6) is 0 Å². The third kappa shape index (κ3) is 5.01. The quantitative estimate of drug-likeness (QED) is 0.803. The van der Waals surface area contributed by atoms with Gasteiger partial charge in [-0.15, -0.1) is 0 Å². The molecular formula is C21H25FN4O3. The molecular weight excluding hydrogens is 375 g/mol. The van der Waals surface area contributed by atoms with Crippen molar-refractivity contribution in [2.24, 2.45) is 0 Å². The molecule has 1 fully saturated rings. The van der Waals surface area contributed by atoms with Crippen molar-refractivity contribution < 1.29 is 18.8 Å². The number of carbonyl (C=O) groups excluding carboxylic acids is 3. The highest BCUT2D eigenvalue weighted by Crippen LogP contribution is 2.13. The van der Waals surface area contributed by atoms with Crippen LogP contribution in [0.2, 0.25) is 0 Å². The van der Waals surface area contributed by atoms with Gasteiger partial charge >= 0.3 is 0 Å². The number of hydrogen-bond acceptors (Lipinski definition) is 3. The summed E-state index contributed by atoms with van der Waals surface area (Å²) in [7, 11) is 0. The van der Waals surface area contributed by atoms with E-state index in [0.717, 1.165) is 6.42 Å². The van der Waals surface area contributed by atoms with Crippen LogP contribution in [0.1, 0.15) is 34.2 Å². The molecule has 7 nitrogen and oxygen atoms in total. The molecule has 0 aliphatic carbocycles. The third-order valence-corrected chi connectivity index (χ3v) is 4.88. The topological polar surface area (TPSA) is 74.7 Å². The predicted molar refractivity (Wildman–Crippen MR) is 106 cm³/mol. The van der Waals surface area contributed by atoms with E-state index in [-0.39, 0.29) is 30.1 Å². The van der Waals surface area contributed by atoms with Gasteiger partial charge in [-0.3, -0.25) is 14.4 Å². The maximum absolute atomic E-state index is 13.0. The van der Waals surface area contributed by atoms with Crippen molar-refractivity contribution in [2.75, 3.05) is 32.7 Å². The second-order valence-electron chi connectivity index (χ2n) is 6.96. The molecule has 2 heterocycles. The van der Waals surface area contributed by atoms with E-state index in [9.17, 15) is 18.8 Å². The zero-order valence-electron chi connectivity index (χ0n) is 16.4. The Kier molecular flexibility index (Phi) is 6.64. The van der Waals surface area contributed by atoms with E-state index in [2.05, 4.69) is 5.32 Å². The lowest BCUT2D eigenvalue weighted by molar-refractivity contribution is -0.121. The van der Waals surface area contributed by atoms with Crippen molar-refractivity contribution >= 4 is 17.7 Å². The number of piperazine rings is 1. The molecule has 1 saturated heterocycles. The second-order valence-corrected chi connectivity index (χ2v) is 6.96. The van der Waals surface area contributed by atoms with Crippen LogP contribution < -0.4 is 5.32 Å². The SMILES string of the molecule is CCCNC(=O)Cn1cccc1C(=O)N1CCN(C(=O)c2ccc(F)cc2)CC1. The van der Waals surface area contributed by atoms with Crippen molar-refractivity contribution in [3.8, 4) is 0 Å².